The van der Waals surface area contributed by atoms with Crippen LogP contribution in [-0.4, -0.2) is 36.2 Å². The van der Waals surface area contributed by atoms with Crippen LogP contribution in [0.1, 0.15) is 0 Å². The quantitative estimate of drug-likeness (QED) is 0.505. The lowest BCUT2D eigenvalue weighted by atomic mass is 10.7. The van der Waals surface area contributed by atoms with Gasteiger partial charge in [0.25, 0.3) is 0 Å². The fourth-order valence-electron chi connectivity index (χ4n) is 0.428. The lowest BCUT2D eigenvalue weighted by molar-refractivity contribution is -0.113. The first-order chi connectivity index (χ1) is 6.17. The van der Waals surface area contributed by atoms with Gasteiger partial charge in [0, 0.05) is 0 Å². The van der Waals surface area contributed by atoms with Crippen LogP contribution in [0.15, 0.2) is 0 Å². The van der Waals surface area contributed by atoms with Crippen LogP contribution < -0.4 is 10.6 Å². The Labute approximate surface area is 71.9 Å². The Morgan fingerprint density at radius 1 is 0.923 bits per heavy atom. The van der Waals surface area contributed by atoms with E-state index in [-0.39, 0.29) is 24.1 Å². The molecule has 0 saturated carbocycles. The van der Waals surface area contributed by atoms with Crippen LogP contribution in [0.2, 0.25) is 0 Å². The minimum Gasteiger partial charge on any atom is -0.280 e. The number of carbonyl (C=O) groups excluding carboxylic acids is 5. The first kappa shape index (κ1) is 10.8. The van der Waals surface area contributed by atoms with E-state index in [2.05, 4.69) is 0 Å². The molecule has 13 heavy (non-hydrogen) atoms. The molecule has 0 saturated heterocycles. The standard InChI is InChI=1S/C5H5N3O5/c9-1-6-4(12)8(3-11)5(13)7-2-10/h1-3H,(H,6,9,12)(H,7,10,13). The molecule has 0 heterocycles. The van der Waals surface area contributed by atoms with E-state index < -0.39 is 12.1 Å². The fourth-order valence-corrected chi connectivity index (χ4v) is 0.428. The van der Waals surface area contributed by atoms with Crippen molar-refractivity contribution in [1.82, 2.24) is 15.5 Å². The highest BCUT2D eigenvalue weighted by Crippen LogP contribution is 1.84. The second kappa shape index (κ2) is 5.41. The molecule has 0 unspecified atom stereocenters. The van der Waals surface area contributed by atoms with Crippen molar-refractivity contribution in [1.29, 1.82) is 0 Å². The van der Waals surface area contributed by atoms with E-state index in [9.17, 15) is 24.0 Å². The maximum Gasteiger partial charge on any atom is 0.338 e. The molecule has 0 bridgehead atoms. The van der Waals surface area contributed by atoms with Crippen molar-refractivity contribution in [3.8, 4) is 0 Å². The van der Waals surface area contributed by atoms with Gasteiger partial charge in [-0.1, -0.05) is 0 Å². The third-order valence-corrected chi connectivity index (χ3v) is 0.908. The Hall–Kier alpha value is -2.25. The van der Waals surface area contributed by atoms with Crippen molar-refractivity contribution in [2.75, 3.05) is 0 Å². The third kappa shape index (κ3) is 3.10. The smallest absolute Gasteiger partial charge is 0.280 e. The number of amides is 7. The Balaban J connectivity index is 4.39. The van der Waals surface area contributed by atoms with Crippen LogP contribution in [0.3, 0.4) is 0 Å². The Kier molecular flexibility index (Phi) is 4.47. The van der Waals surface area contributed by atoms with E-state index in [0.717, 1.165) is 0 Å². The summed E-state index contributed by atoms with van der Waals surface area (Å²) in [5, 5.41) is 3.07. The van der Waals surface area contributed by atoms with Crippen molar-refractivity contribution >= 4 is 31.3 Å². The number of urea groups is 2. The van der Waals surface area contributed by atoms with Gasteiger partial charge in [-0.25, -0.2) is 9.59 Å². The van der Waals surface area contributed by atoms with Gasteiger partial charge in [0.05, 0.1) is 0 Å². The molecule has 7 amide bonds. The highest BCUT2D eigenvalue weighted by atomic mass is 16.2. The SMILES string of the molecule is O=CNC(=O)N(C=O)C(=O)NC=O. The Morgan fingerprint density at radius 2 is 1.31 bits per heavy atom. The number of carbonyl (C=O) groups is 5. The zero-order chi connectivity index (χ0) is 10.3. The average molecular weight is 187 g/mol. The van der Waals surface area contributed by atoms with Crippen LogP contribution in [0.4, 0.5) is 9.59 Å². The highest BCUT2D eigenvalue weighted by Gasteiger charge is 2.19. The minimum absolute atomic E-state index is 0.00692. The molecule has 0 aromatic rings. The highest BCUT2D eigenvalue weighted by molar-refractivity contribution is 6.07. The van der Waals surface area contributed by atoms with Gasteiger partial charge in [-0.3, -0.25) is 25.0 Å². The zero-order valence-electron chi connectivity index (χ0n) is 6.22. The molecule has 0 radical (unpaired) electrons. The fraction of sp³-hybridized carbons (Fsp3) is 0. The van der Waals surface area contributed by atoms with Gasteiger partial charge >= 0.3 is 12.1 Å². The summed E-state index contributed by atoms with van der Waals surface area (Å²) in [6.07, 6.45) is -0.155. The molecule has 0 aromatic carbocycles. The maximum atomic E-state index is 10.7. The lowest BCUT2D eigenvalue weighted by Crippen LogP contribution is -2.47. The van der Waals surface area contributed by atoms with Gasteiger partial charge < -0.3 is 0 Å². The molecule has 0 rings (SSSR count). The molecule has 70 valence electrons. The molecule has 0 aliphatic carbocycles. The van der Waals surface area contributed by atoms with Crippen molar-refractivity contribution in [2.45, 2.75) is 0 Å². The van der Waals surface area contributed by atoms with Gasteiger partial charge in [-0.2, -0.15) is 4.90 Å². The molecule has 0 aliphatic heterocycles. The topological polar surface area (TPSA) is 113 Å². The summed E-state index contributed by atoms with van der Waals surface area (Å²) < 4.78 is 0. The van der Waals surface area contributed by atoms with Crippen molar-refractivity contribution in [3.63, 3.8) is 0 Å². The lowest BCUT2D eigenvalue weighted by Gasteiger charge is -2.09. The van der Waals surface area contributed by atoms with Crippen LogP contribution >= 0.6 is 0 Å². The summed E-state index contributed by atoms with van der Waals surface area (Å²) in [7, 11) is 0. The summed E-state index contributed by atoms with van der Waals surface area (Å²) in [6, 6.07) is -2.49. The second-order valence-corrected chi connectivity index (χ2v) is 1.61. The minimum atomic E-state index is -1.25. The molecule has 8 heteroatoms. The van der Waals surface area contributed by atoms with E-state index in [0.29, 0.717) is 0 Å². The first-order valence-corrected chi connectivity index (χ1v) is 2.90. The first-order valence-electron chi connectivity index (χ1n) is 2.90. The summed E-state index contributed by atoms with van der Waals surface area (Å²) in [6.45, 7) is 0. The molecule has 0 atom stereocenters. The molecule has 0 aliphatic rings. The van der Waals surface area contributed by atoms with E-state index in [1.165, 1.54) is 10.6 Å². The molecule has 8 nitrogen and oxygen atoms in total. The maximum absolute atomic E-state index is 10.7. The van der Waals surface area contributed by atoms with Crippen LogP contribution in [0.25, 0.3) is 0 Å². The number of nitrogens with zero attached hydrogens (tertiary/aromatic N) is 1. The summed E-state index contributed by atoms with van der Waals surface area (Å²) in [5.41, 5.74) is 0. The van der Waals surface area contributed by atoms with Gasteiger partial charge in [-0.15, -0.1) is 0 Å². The van der Waals surface area contributed by atoms with Gasteiger partial charge in [0.1, 0.15) is 0 Å². The van der Waals surface area contributed by atoms with Crippen molar-refractivity contribution < 1.29 is 24.0 Å². The molecular weight excluding hydrogens is 182 g/mol. The monoisotopic (exact) mass is 187 g/mol. The Morgan fingerprint density at radius 3 is 1.54 bits per heavy atom. The van der Waals surface area contributed by atoms with Gasteiger partial charge in [0.2, 0.25) is 19.2 Å². The second-order valence-electron chi connectivity index (χ2n) is 1.61. The predicted octanol–water partition coefficient (Wildman–Crippen LogP) is -1.82. The number of imide groups is 5. The summed E-state index contributed by atoms with van der Waals surface area (Å²) >= 11 is 0. The number of nitrogens with one attached hydrogen (secondary N) is 2. The van der Waals surface area contributed by atoms with Crippen molar-refractivity contribution in [3.05, 3.63) is 0 Å². The zero-order valence-corrected chi connectivity index (χ0v) is 6.22. The molecular formula is C5H5N3O5. The molecule has 0 aromatic heterocycles. The van der Waals surface area contributed by atoms with E-state index in [1.54, 1.807) is 0 Å². The van der Waals surface area contributed by atoms with E-state index in [1.807, 2.05) is 0 Å². The van der Waals surface area contributed by atoms with Gasteiger partial charge in [0.15, 0.2) is 0 Å². The van der Waals surface area contributed by atoms with E-state index >= 15 is 0 Å². The molecule has 0 fully saturated rings. The van der Waals surface area contributed by atoms with Gasteiger partial charge in [-0.05, 0) is 0 Å². The molecule has 0 spiro atoms. The van der Waals surface area contributed by atoms with E-state index in [4.69, 9.17) is 0 Å². The number of hydrogen-bond donors (Lipinski definition) is 2. The van der Waals surface area contributed by atoms with Crippen LogP contribution in [0, 0.1) is 0 Å². The normalized spacial score (nSPS) is 8.00. The van der Waals surface area contributed by atoms with Crippen LogP contribution in [-0.2, 0) is 14.4 Å². The summed E-state index contributed by atoms with van der Waals surface area (Å²) in [4.78, 5) is 50.9. The van der Waals surface area contributed by atoms with Crippen molar-refractivity contribution in [2.24, 2.45) is 0 Å². The third-order valence-electron chi connectivity index (χ3n) is 0.908. The number of rotatable bonds is 3. The van der Waals surface area contributed by atoms with Crippen LogP contribution in [0.5, 0.6) is 0 Å². The predicted molar refractivity (Wildman–Crippen MR) is 37.1 cm³/mol. The number of hydrogen-bond acceptors (Lipinski definition) is 5. The molecule has 2 N–H and O–H groups in total. The largest absolute Gasteiger partial charge is 0.338 e. The Bertz CT molecular complexity index is 229. The average Bonchev–Trinajstić information content (AvgIpc) is 2.06. The summed E-state index contributed by atoms with van der Waals surface area (Å²) in [5.74, 6) is 0.